The van der Waals surface area contributed by atoms with Crippen LogP contribution in [0.2, 0.25) is 0 Å². The van der Waals surface area contributed by atoms with Crippen LogP contribution in [-0.4, -0.2) is 16.6 Å². The zero-order valence-electron chi connectivity index (χ0n) is 10.5. The lowest BCUT2D eigenvalue weighted by molar-refractivity contribution is -0.671. The molecule has 0 amide bonds. The maximum absolute atomic E-state index is 11.0. The molecule has 0 spiro atoms. The van der Waals surface area contributed by atoms with E-state index < -0.39 is 0 Å². The van der Waals surface area contributed by atoms with Gasteiger partial charge < -0.3 is 4.74 Å². The van der Waals surface area contributed by atoms with Crippen molar-refractivity contribution in [2.24, 2.45) is 13.0 Å². The van der Waals surface area contributed by atoms with E-state index in [0.717, 1.165) is 13.0 Å². The molecule has 0 N–H and O–H groups in total. The van der Waals surface area contributed by atoms with Crippen molar-refractivity contribution in [3.63, 3.8) is 0 Å². The number of rotatable bonds is 5. The first-order valence-corrected chi connectivity index (χ1v) is 5.71. The number of carbonyl (C=O) groups excluding carboxylic acids is 1. The third-order valence-electron chi connectivity index (χ3n) is 2.81. The SMILES string of the molecule is CC[C@H](C)[C@@H](Cn1cc[n+](C)c1)OC(C)=O. The summed E-state index contributed by atoms with van der Waals surface area (Å²) in [5.41, 5.74) is 0. The Bertz CT molecular complexity index is 347. The fraction of sp³-hybridized carbons (Fsp3) is 0.667. The zero-order chi connectivity index (χ0) is 12.1. The van der Waals surface area contributed by atoms with Crippen molar-refractivity contribution >= 4 is 5.97 Å². The second-order valence-electron chi connectivity index (χ2n) is 4.31. The number of aryl methyl sites for hydroxylation is 1. The predicted molar refractivity (Wildman–Crippen MR) is 60.6 cm³/mol. The number of esters is 1. The molecule has 0 saturated carbocycles. The first kappa shape index (κ1) is 12.7. The third-order valence-corrected chi connectivity index (χ3v) is 2.81. The van der Waals surface area contributed by atoms with Crippen LogP contribution in [0.25, 0.3) is 0 Å². The van der Waals surface area contributed by atoms with Crippen molar-refractivity contribution in [1.29, 1.82) is 0 Å². The molecule has 0 unspecified atom stereocenters. The average molecular weight is 225 g/mol. The summed E-state index contributed by atoms with van der Waals surface area (Å²) in [4.78, 5) is 11.0. The molecule has 16 heavy (non-hydrogen) atoms. The van der Waals surface area contributed by atoms with Gasteiger partial charge in [0.1, 0.15) is 25.0 Å². The van der Waals surface area contributed by atoms with Gasteiger partial charge in [-0.05, 0) is 12.3 Å². The number of ether oxygens (including phenoxy) is 1. The van der Waals surface area contributed by atoms with Gasteiger partial charge in [0.15, 0.2) is 0 Å². The summed E-state index contributed by atoms with van der Waals surface area (Å²) in [5.74, 6) is 0.165. The summed E-state index contributed by atoms with van der Waals surface area (Å²) < 4.78 is 9.36. The van der Waals surface area contributed by atoms with E-state index in [2.05, 4.69) is 13.8 Å². The summed E-state index contributed by atoms with van der Waals surface area (Å²) in [7, 11) is 1.97. The molecule has 0 aliphatic carbocycles. The highest BCUT2D eigenvalue weighted by Crippen LogP contribution is 2.13. The van der Waals surface area contributed by atoms with Crippen LogP contribution in [-0.2, 0) is 23.1 Å². The highest BCUT2D eigenvalue weighted by Gasteiger charge is 2.21. The van der Waals surface area contributed by atoms with Crippen molar-refractivity contribution < 1.29 is 14.1 Å². The molecule has 1 aromatic heterocycles. The molecule has 4 nitrogen and oxygen atoms in total. The fourth-order valence-corrected chi connectivity index (χ4v) is 1.63. The molecule has 0 radical (unpaired) electrons. The van der Waals surface area contributed by atoms with Crippen LogP contribution < -0.4 is 4.57 Å². The van der Waals surface area contributed by atoms with Gasteiger partial charge in [-0.25, -0.2) is 9.13 Å². The number of hydrogen-bond donors (Lipinski definition) is 0. The summed E-state index contributed by atoms with van der Waals surface area (Å²) in [6.45, 7) is 6.40. The van der Waals surface area contributed by atoms with Gasteiger partial charge in [-0.3, -0.25) is 4.79 Å². The number of aromatic nitrogens is 2. The lowest BCUT2D eigenvalue weighted by Gasteiger charge is -2.20. The smallest absolute Gasteiger partial charge is 0.303 e. The Balaban J connectivity index is 2.66. The largest absolute Gasteiger partial charge is 0.458 e. The number of imidazole rings is 1. The zero-order valence-corrected chi connectivity index (χ0v) is 10.5. The first-order chi connectivity index (χ1) is 7.52. The van der Waals surface area contributed by atoms with Gasteiger partial charge in [-0.1, -0.05) is 13.8 Å². The van der Waals surface area contributed by atoms with Crippen LogP contribution in [0.3, 0.4) is 0 Å². The van der Waals surface area contributed by atoms with Crippen molar-refractivity contribution in [1.82, 2.24) is 4.57 Å². The van der Waals surface area contributed by atoms with Gasteiger partial charge in [0.25, 0.3) is 0 Å². The fourth-order valence-electron chi connectivity index (χ4n) is 1.63. The Morgan fingerprint density at radius 2 is 2.25 bits per heavy atom. The van der Waals surface area contributed by atoms with E-state index in [1.807, 2.05) is 34.9 Å². The van der Waals surface area contributed by atoms with Crippen molar-refractivity contribution in [2.75, 3.05) is 0 Å². The molecule has 0 aliphatic heterocycles. The van der Waals surface area contributed by atoms with E-state index in [-0.39, 0.29) is 12.1 Å². The molecule has 90 valence electrons. The summed E-state index contributed by atoms with van der Waals surface area (Å²) in [5, 5.41) is 0. The van der Waals surface area contributed by atoms with Crippen molar-refractivity contribution in [3.05, 3.63) is 18.7 Å². The van der Waals surface area contributed by atoms with Gasteiger partial charge in [0.2, 0.25) is 6.33 Å². The van der Waals surface area contributed by atoms with Crippen LogP contribution in [0, 0.1) is 5.92 Å². The maximum atomic E-state index is 11.0. The van der Waals surface area contributed by atoms with Crippen LogP contribution in [0.5, 0.6) is 0 Å². The molecule has 1 aromatic rings. The molecule has 0 aliphatic rings. The van der Waals surface area contributed by atoms with Crippen LogP contribution >= 0.6 is 0 Å². The molecule has 0 fully saturated rings. The van der Waals surface area contributed by atoms with Crippen LogP contribution in [0.4, 0.5) is 0 Å². The minimum Gasteiger partial charge on any atom is -0.458 e. The van der Waals surface area contributed by atoms with E-state index in [1.54, 1.807) is 0 Å². The van der Waals surface area contributed by atoms with Gasteiger partial charge in [0, 0.05) is 6.92 Å². The van der Waals surface area contributed by atoms with Gasteiger partial charge >= 0.3 is 5.97 Å². The summed E-state index contributed by atoms with van der Waals surface area (Å²) >= 11 is 0. The molecule has 1 heterocycles. The first-order valence-electron chi connectivity index (χ1n) is 5.71. The van der Waals surface area contributed by atoms with E-state index in [4.69, 9.17) is 4.74 Å². The Morgan fingerprint density at radius 1 is 1.56 bits per heavy atom. The highest BCUT2D eigenvalue weighted by atomic mass is 16.5. The Hall–Kier alpha value is -1.32. The van der Waals surface area contributed by atoms with E-state index in [9.17, 15) is 4.79 Å². The third kappa shape index (κ3) is 3.68. The van der Waals surface area contributed by atoms with E-state index in [0.29, 0.717) is 5.92 Å². The van der Waals surface area contributed by atoms with Crippen LogP contribution in [0.15, 0.2) is 18.7 Å². The number of nitrogens with zero attached hydrogens (tertiary/aromatic N) is 2. The quantitative estimate of drug-likeness (QED) is 0.559. The Kier molecular flexibility index (Phi) is 4.52. The maximum Gasteiger partial charge on any atom is 0.303 e. The monoisotopic (exact) mass is 225 g/mol. The predicted octanol–water partition coefficient (Wildman–Crippen LogP) is 1.29. The molecule has 4 heteroatoms. The van der Waals surface area contributed by atoms with Crippen LogP contribution in [0.1, 0.15) is 27.2 Å². The molecule has 2 atom stereocenters. The molecular weight excluding hydrogens is 204 g/mol. The average Bonchev–Trinajstić information content (AvgIpc) is 2.61. The molecular formula is C12H21N2O2+. The minimum absolute atomic E-state index is 0.0464. The summed E-state index contributed by atoms with van der Waals surface area (Å²) in [6, 6.07) is 0. The Morgan fingerprint density at radius 3 is 2.69 bits per heavy atom. The van der Waals surface area contributed by atoms with Gasteiger partial charge in [0.05, 0.1) is 7.05 Å². The topological polar surface area (TPSA) is 35.1 Å². The number of hydrogen-bond acceptors (Lipinski definition) is 2. The molecule has 0 saturated heterocycles. The standard InChI is InChI=1S/C12H21N2O2/c1-5-10(2)12(16-11(3)15)8-14-7-6-13(4)9-14/h6-7,9-10,12H,5,8H2,1-4H3/q+1/t10-,12+/m0/s1. The Labute approximate surface area is 96.8 Å². The molecule has 0 aromatic carbocycles. The van der Waals surface area contributed by atoms with Crippen molar-refractivity contribution in [2.45, 2.75) is 39.8 Å². The van der Waals surface area contributed by atoms with Gasteiger partial charge in [-0.2, -0.15) is 0 Å². The van der Waals surface area contributed by atoms with Gasteiger partial charge in [-0.15, -0.1) is 0 Å². The molecule has 1 rings (SSSR count). The summed E-state index contributed by atoms with van der Waals surface area (Å²) in [6.07, 6.45) is 6.90. The van der Waals surface area contributed by atoms with E-state index >= 15 is 0 Å². The second kappa shape index (κ2) is 5.68. The lowest BCUT2D eigenvalue weighted by Crippen LogP contribution is -2.30. The second-order valence-corrected chi connectivity index (χ2v) is 4.31. The van der Waals surface area contributed by atoms with E-state index in [1.165, 1.54) is 6.92 Å². The van der Waals surface area contributed by atoms with Crippen molar-refractivity contribution in [3.8, 4) is 0 Å². The highest BCUT2D eigenvalue weighted by molar-refractivity contribution is 5.66. The number of carbonyl (C=O) groups is 1. The lowest BCUT2D eigenvalue weighted by atomic mass is 10.0. The molecule has 0 bridgehead atoms. The normalized spacial score (nSPS) is 14.5. The minimum atomic E-state index is -0.207.